The summed E-state index contributed by atoms with van der Waals surface area (Å²) in [5.74, 6) is 5.23. The summed E-state index contributed by atoms with van der Waals surface area (Å²) in [5, 5.41) is 10.9. The van der Waals surface area contributed by atoms with Gasteiger partial charge in [-0.2, -0.15) is 0 Å². The first kappa shape index (κ1) is 11.8. The maximum Gasteiger partial charge on any atom is 0.293 e. The minimum absolute atomic E-state index is 0.0224. The molecule has 6 heteroatoms. The molecule has 6 nitrogen and oxygen atoms in total. The minimum atomic E-state index is -0.421. The summed E-state index contributed by atoms with van der Waals surface area (Å²) in [4.78, 5) is 12.7. The lowest BCUT2D eigenvalue weighted by atomic mass is 10.1. The molecule has 2 rings (SSSR count). The maximum absolute atomic E-state index is 10.9. The van der Waals surface area contributed by atoms with Crippen LogP contribution in [0.3, 0.4) is 0 Å². The van der Waals surface area contributed by atoms with Gasteiger partial charge >= 0.3 is 0 Å². The predicted molar refractivity (Wildman–Crippen MR) is 65.4 cm³/mol. The van der Waals surface area contributed by atoms with Gasteiger partial charge < -0.3 is 5.43 Å². The van der Waals surface area contributed by atoms with Crippen molar-refractivity contribution in [3.63, 3.8) is 0 Å². The summed E-state index contributed by atoms with van der Waals surface area (Å²) in [6.45, 7) is 0.732. The Hall–Kier alpha value is -1.66. The number of hydrogen-bond acceptors (Lipinski definition) is 5. The molecule has 0 bridgehead atoms. The van der Waals surface area contributed by atoms with Crippen LogP contribution in [-0.4, -0.2) is 22.9 Å². The summed E-state index contributed by atoms with van der Waals surface area (Å²) in [7, 11) is 2.04. The van der Waals surface area contributed by atoms with Crippen LogP contribution in [0.15, 0.2) is 18.2 Å². The largest absolute Gasteiger partial charge is 0.318 e. The van der Waals surface area contributed by atoms with Crippen LogP contribution in [-0.2, 0) is 6.54 Å². The predicted octanol–water partition coefficient (Wildman–Crippen LogP) is 1.47. The molecule has 1 fully saturated rings. The third-order valence-corrected chi connectivity index (χ3v) is 3.02. The van der Waals surface area contributed by atoms with E-state index in [4.69, 9.17) is 5.84 Å². The van der Waals surface area contributed by atoms with Crippen molar-refractivity contribution in [1.82, 2.24) is 4.90 Å². The number of nitrogen functional groups attached to an aromatic ring is 1. The highest BCUT2D eigenvalue weighted by Gasteiger charge is 2.26. The van der Waals surface area contributed by atoms with Gasteiger partial charge in [-0.25, -0.2) is 0 Å². The fraction of sp³-hybridized carbons (Fsp3) is 0.455. The third-order valence-electron chi connectivity index (χ3n) is 3.02. The molecule has 0 saturated heterocycles. The second-order valence-electron chi connectivity index (χ2n) is 4.40. The summed E-state index contributed by atoms with van der Waals surface area (Å²) < 4.78 is 0. The standard InChI is InChI=1S/C11H16N4O2/c1-14(9-3-4-9)7-8-2-5-10(13-12)11(6-8)15(16)17/h2,5-6,9,13H,3-4,7,12H2,1H3. The zero-order valence-electron chi connectivity index (χ0n) is 9.72. The molecule has 0 amide bonds. The molecule has 0 unspecified atom stereocenters. The number of nitro benzene ring substituents is 1. The van der Waals surface area contributed by atoms with Gasteiger partial charge in [-0.15, -0.1) is 0 Å². The second kappa shape index (κ2) is 4.68. The number of benzene rings is 1. The monoisotopic (exact) mass is 236 g/mol. The molecule has 1 aromatic rings. The summed E-state index contributed by atoms with van der Waals surface area (Å²) in [6.07, 6.45) is 2.45. The molecule has 17 heavy (non-hydrogen) atoms. The summed E-state index contributed by atoms with van der Waals surface area (Å²) >= 11 is 0. The van der Waals surface area contributed by atoms with Gasteiger partial charge in [0.2, 0.25) is 0 Å². The van der Waals surface area contributed by atoms with Crippen molar-refractivity contribution in [1.29, 1.82) is 0 Å². The average Bonchev–Trinajstić information content (AvgIpc) is 3.12. The number of nitrogens with one attached hydrogen (secondary N) is 1. The first-order valence-corrected chi connectivity index (χ1v) is 5.56. The summed E-state index contributed by atoms with van der Waals surface area (Å²) in [6, 6.07) is 5.73. The Morgan fingerprint density at radius 3 is 2.82 bits per heavy atom. The Bertz CT molecular complexity index is 431. The molecule has 0 radical (unpaired) electrons. The van der Waals surface area contributed by atoms with E-state index in [-0.39, 0.29) is 5.69 Å². The van der Waals surface area contributed by atoms with Crippen molar-refractivity contribution in [3.05, 3.63) is 33.9 Å². The Morgan fingerprint density at radius 2 is 2.29 bits per heavy atom. The first-order valence-electron chi connectivity index (χ1n) is 5.56. The molecule has 1 aliphatic rings. The third kappa shape index (κ3) is 2.72. The van der Waals surface area contributed by atoms with E-state index in [0.717, 1.165) is 12.1 Å². The van der Waals surface area contributed by atoms with Crippen LogP contribution < -0.4 is 11.3 Å². The highest BCUT2D eigenvalue weighted by molar-refractivity contribution is 5.61. The molecule has 0 aliphatic heterocycles. The number of nitro groups is 1. The molecule has 1 saturated carbocycles. The number of nitrogens with two attached hydrogens (primary N) is 1. The van der Waals surface area contributed by atoms with Gasteiger partial charge in [-0.3, -0.25) is 20.9 Å². The summed E-state index contributed by atoms with van der Waals surface area (Å²) in [5.41, 5.74) is 3.64. The van der Waals surface area contributed by atoms with Gasteiger partial charge in [0.1, 0.15) is 5.69 Å². The average molecular weight is 236 g/mol. The zero-order valence-corrected chi connectivity index (χ0v) is 9.72. The Kier molecular flexibility index (Phi) is 3.26. The first-order chi connectivity index (χ1) is 8.11. The van der Waals surface area contributed by atoms with Crippen LogP contribution in [0.25, 0.3) is 0 Å². The Morgan fingerprint density at radius 1 is 1.59 bits per heavy atom. The Balaban J connectivity index is 2.17. The number of rotatable bonds is 5. The van der Waals surface area contributed by atoms with Crippen molar-refractivity contribution in [2.45, 2.75) is 25.4 Å². The van der Waals surface area contributed by atoms with Crippen molar-refractivity contribution in [3.8, 4) is 0 Å². The SMILES string of the molecule is CN(Cc1ccc(NN)c([N+](=O)[O-])c1)C1CC1. The molecular formula is C11H16N4O2. The molecular weight excluding hydrogens is 220 g/mol. The van der Waals surface area contributed by atoms with Gasteiger partial charge in [-0.05, 0) is 31.5 Å². The van der Waals surface area contributed by atoms with E-state index >= 15 is 0 Å². The van der Waals surface area contributed by atoms with Crippen molar-refractivity contribution in [2.75, 3.05) is 12.5 Å². The lowest BCUT2D eigenvalue weighted by molar-refractivity contribution is -0.384. The van der Waals surface area contributed by atoms with Crippen LogP contribution >= 0.6 is 0 Å². The van der Waals surface area contributed by atoms with Gasteiger partial charge in [0.15, 0.2) is 0 Å². The topological polar surface area (TPSA) is 84.4 Å². The molecule has 3 N–H and O–H groups in total. The molecule has 0 atom stereocenters. The lowest BCUT2D eigenvalue weighted by Crippen LogP contribution is -2.20. The quantitative estimate of drug-likeness (QED) is 0.459. The maximum atomic E-state index is 10.9. The smallest absolute Gasteiger partial charge is 0.293 e. The van der Waals surface area contributed by atoms with Crippen molar-refractivity contribution < 1.29 is 4.92 Å². The number of hydrogen-bond donors (Lipinski definition) is 2. The van der Waals surface area contributed by atoms with Gasteiger partial charge in [0.25, 0.3) is 5.69 Å². The van der Waals surface area contributed by atoms with E-state index in [1.165, 1.54) is 12.8 Å². The Labute approximate surface area is 99.5 Å². The van der Waals surface area contributed by atoms with Crippen LogP contribution in [0, 0.1) is 10.1 Å². The second-order valence-corrected chi connectivity index (χ2v) is 4.40. The number of anilines is 1. The van der Waals surface area contributed by atoms with Gasteiger partial charge in [0.05, 0.1) is 4.92 Å². The molecule has 0 spiro atoms. The highest BCUT2D eigenvalue weighted by atomic mass is 16.6. The van der Waals surface area contributed by atoms with Gasteiger partial charge in [0, 0.05) is 18.7 Å². The fourth-order valence-corrected chi connectivity index (χ4v) is 1.88. The van der Waals surface area contributed by atoms with E-state index in [2.05, 4.69) is 10.3 Å². The van der Waals surface area contributed by atoms with E-state index in [9.17, 15) is 10.1 Å². The highest BCUT2D eigenvalue weighted by Crippen LogP contribution is 2.29. The molecule has 0 heterocycles. The number of nitrogens with zero attached hydrogens (tertiary/aromatic N) is 2. The molecule has 92 valence electrons. The molecule has 1 aliphatic carbocycles. The molecule has 0 aromatic heterocycles. The zero-order chi connectivity index (χ0) is 12.4. The van der Waals surface area contributed by atoms with Gasteiger partial charge in [-0.1, -0.05) is 6.07 Å². The normalized spacial score (nSPS) is 15.0. The van der Waals surface area contributed by atoms with Crippen LogP contribution in [0.5, 0.6) is 0 Å². The number of hydrazine groups is 1. The van der Waals surface area contributed by atoms with Crippen LogP contribution in [0.2, 0.25) is 0 Å². The van der Waals surface area contributed by atoms with E-state index in [1.54, 1.807) is 12.1 Å². The fourth-order valence-electron chi connectivity index (χ4n) is 1.88. The minimum Gasteiger partial charge on any atom is -0.318 e. The van der Waals surface area contributed by atoms with Crippen LogP contribution in [0.4, 0.5) is 11.4 Å². The van der Waals surface area contributed by atoms with E-state index in [1.807, 2.05) is 13.1 Å². The van der Waals surface area contributed by atoms with Crippen molar-refractivity contribution >= 4 is 11.4 Å². The molecule has 1 aromatic carbocycles. The van der Waals surface area contributed by atoms with Crippen LogP contribution in [0.1, 0.15) is 18.4 Å². The van der Waals surface area contributed by atoms with E-state index in [0.29, 0.717) is 11.7 Å². The van der Waals surface area contributed by atoms with E-state index < -0.39 is 4.92 Å². The van der Waals surface area contributed by atoms with Crippen molar-refractivity contribution in [2.24, 2.45) is 5.84 Å². The lowest BCUT2D eigenvalue weighted by Gasteiger charge is -2.15.